The van der Waals surface area contributed by atoms with Crippen LogP contribution >= 0.6 is 0 Å². The van der Waals surface area contributed by atoms with Crippen LogP contribution in [0.15, 0.2) is 60.8 Å². The standard InChI is InChI=1S/C48H52F2N8O5/c1-47(2)45(48(3,4)46(47)62-38-11-8-29(25-51)40-30(38)6-5-15-52-40)54-41(60)28-7-9-35(33(49)22-28)56-16-13-27(14-17-56)26-55-18-20-57(21-19-55)37-24-32-31(23-34(37)50)43-58(44(32)63-43)36-10-12-39(59)53-42(36)61/h5-9,11,15,22-24,27,36,43-46H,10,12-14,16-21,26H2,1-4H3,(H,54,60)(H,53,59,61)/t36-,43?,44?,45?,46?/m0/s1. The van der Waals surface area contributed by atoms with E-state index >= 15 is 8.78 Å². The van der Waals surface area contributed by atoms with Crippen LogP contribution in [-0.4, -0.2) is 96.5 Å². The van der Waals surface area contributed by atoms with Gasteiger partial charge in [-0.1, -0.05) is 27.7 Å². The van der Waals surface area contributed by atoms with E-state index < -0.39 is 35.1 Å². The summed E-state index contributed by atoms with van der Waals surface area (Å²) in [6.07, 6.45) is 3.04. The molecular weight excluding hydrogens is 807 g/mol. The van der Waals surface area contributed by atoms with Gasteiger partial charge < -0.3 is 24.6 Å². The molecule has 15 heteroatoms. The van der Waals surface area contributed by atoms with Gasteiger partial charge in [0.2, 0.25) is 11.8 Å². The molecule has 3 aromatic carbocycles. The first kappa shape index (κ1) is 41.3. The number of benzene rings is 3. The number of amides is 3. The number of hydrogen-bond donors (Lipinski definition) is 2. The van der Waals surface area contributed by atoms with Crippen LogP contribution < -0.4 is 25.2 Å². The normalized spacial score (nSPS) is 26.7. The fourth-order valence-electron chi connectivity index (χ4n) is 11.6. The van der Waals surface area contributed by atoms with Gasteiger partial charge in [0.05, 0.1) is 28.5 Å². The fraction of sp³-hybridized carbons (Fsp3) is 0.479. The van der Waals surface area contributed by atoms with Gasteiger partial charge in [0.15, 0.2) is 0 Å². The lowest BCUT2D eigenvalue weighted by molar-refractivity contribution is -0.287. The SMILES string of the molecule is CC1(C)C(NC(=O)c2ccc(N3CCC(CN4CCN(c5cc6c(cc5F)C5OC6N5[C@H]5CCC(=O)NC5=O)CC4)CC3)c(F)c2)C(C)(C)C1Oc1ccc(C#N)c2ncccc12. The van der Waals surface area contributed by atoms with Gasteiger partial charge in [0.1, 0.15) is 42.0 Å². The summed E-state index contributed by atoms with van der Waals surface area (Å²) in [5.41, 5.74) is 3.11. The number of hydrogen-bond acceptors (Lipinski definition) is 11. The first-order chi connectivity index (χ1) is 30.2. The Kier molecular flexibility index (Phi) is 10.2. The molecule has 2 bridgehead atoms. The minimum atomic E-state index is -0.475. The topological polar surface area (TPSA) is 143 Å². The molecule has 2 unspecified atom stereocenters. The van der Waals surface area contributed by atoms with Gasteiger partial charge in [-0.25, -0.2) is 13.7 Å². The van der Waals surface area contributed by atoms with Crippen molar-refractivity contribution in [2.24, 2.45) is 16.7 Å². The molecule has 4 saturated heterocycles. The van der Waals surface area contributed by atoms with Crippen LogP contribution in [0.25, 0.3) is 10.9 Å². The van der Waals surface area contributed by atoms with Gasteiger partial charge in [0, 0.05) is 97.4 Å². The van der Waals surface area contributed by atoms with E-state index in [-0.39, 0.29) is 47.7 Å². The molecule has 1 aliphatic carbocycles. The summed E-state index contributed by atoms with van der Waals surface area (Å²) < 4.78 is 44.0. The Balaban J connectivity index is 0.705. The summed E-state index contributed by atoms with van der Waals surface area (Å²) in [4.78, 5) is 50.9. The van der Waals surface area contributed by atoms with Crippen molar-refractivity contribution in [3.05, 3.63) is 94.7 Å². The summed E-state index contributed by atoms with van der Waals surface area (Å²) >= 11 is 0. The Morgan fingerprint density at radius 1 is 0.905 bits per heavy atom. The van der Waals surface area contributed by atoms with E-state index in [1.165, 1.54) is 6.07 Å². The van der Waals surface area contributed by atoms with Crippen LogP contribution in [0, 0.1) is 39.7 Å². The van der Waals surface area contributed by atoms with E-state index in [2.05, 4.69) is 64.1 Å². The third-order valence-electron chi connectivity index (χ3n) is 14.7. The number of piperidine rings is 2. The molecule has 3 amide bonds. The van der Waals surface area contributed by atoms with E-state index in [9.17, 15) is 19.6 Å². The van der Waals surface area contributed by atoms with Crippen molar-refractivity contribution >= 4 is 40.0 Å². The van der Waals surface area contributed by atoms with Gasteiger partial charge in [0.25, 0.3) is 5.91 Å². The molecule has 2 N–H and O–H groups in total. The van der Waals surface area contributed by atoms with Gasteiger partial charge in [-0.3, -0.25) is 29.6 Å². The number of nitriles is 1. The Labute approximate surface area is 365 Å². The van der Waals surface area contributed by atoms with E-state index in [0.717, 1.165) is 49.0 Å². The predicted molar refractivity (Wildman–Crippen MR) is 231 cm³/mol. The number of nitrogens with zero attached hydrogens (tertiary/aromatic N) is 6. The van der Waals surface area contributed by atoms with E-state index in [1.54, 1.807) is 36.5 Å². The minimum absolute atomic E-state index is 0.254. The maximum atomic E-state index is 15.8. The van der Waals surface area contributed by atoms with Crippen LogP contribution in [0.3, 0.4) is 0 Å². The smallest absolute Gasteiger partial charge is 0.251 e. The van der Waals surface area contributed by atoms with Crippen molar-refractivity contribution in [3.8, 4) is 11.8 Å². The highest BCUT2D eigenvalue weighted by Gasteiger charge is 2.64. The van der Waals surface area contributed by atoms with Crippen molar-refractivity contribution < 1.29 is 32.6 Å². The summed E-state index contributed by atoms with van der Waals surface area (Å²) in [5, 5.41) is 15.9. The molecule has 0 radical (unpaired) electrons. The number of fused-ring (bicyclic) bond motifs is 6. The van der Waals surface area contributed by atoms with Crippen molar-refractivity contribution in [2.45, 2.75) is 84.0 Å². The van der Waals surface area contributed by atoms with Crippen molar-refractivity contribution in [1.29, 1.82) is 5.26 Å². The monoisotopic (exact) mass is 858 g/mol. The molecule has 6 heterocycles. The maximum Gasteiger partial charge on any atom is 0.251 e. The number of carbonyl (C=O) groups is 3. The Morgan fingerprint density at radius 3 is 2.30 bits per heavy atom. The number of anilines is 2. The molecule has 5 fully saturated rings. The lowest BCUT2D eigenvalue weighted by atomic mass is 9.49. The zero-order valence-electron chi connectivity index (χ0n) is 36.0. The second-order valence-electron chi connectivity index (χ2n) is 19.2. The largest absolute Gasteiger partial charge is 0.488 e. The Morgan fingerprint density at radius 2 is 1.60 bits per heavy atom. The Bertz CT molecular complexity index is 2550. The Hall–Kier alpha value is -5.69. The van der Waals surface area contributed by atoms with E-state index in [1.807, 2.05) is 23.1 Å². The lowest BCUT2D eigenvalue weighted by Gasteiger charge is -2.63. The number of imide groups is 1. The average Bonchev–Trinajstić information content (AvgIpc) is 3.78. The van der Waals surface area contributed by atoms with Crippen molar-refractivity contribution in [2.75, 3.05) is 55.6 Å². The zero-order valence-corrected chi connectivity index (χ0v) is 36.0. The van der Waals surface area contributed by atoms with E-state index in [4.69, 9.17) is 9.47 Å². The van der Waals surface area contributed by atoms with Gasteiger partial charge in [-0.15, -0.1) is 0 Å². The molecule has 1 saturated carbocycles. The number of halogens is 2. The molecule has 13 nitrogen and oxygen atoms in total. The van der Waals surface area contributed by atoms with Crippen LogP contribution in [0.2, 0.25) is 0 Å². The maximum absolute atomic E-state index is 15.8. The quantitative estimate of drug-likeness (QED) is 0.186. The van der Waals surface area contributed by atoms with Crippen molar-refractivity contribution in [3.63, 3.8) is 0 Å². The average molecular weight is 859 g/mol. The van der Waals surface area contributed by atoms with Gasteiger partial charge in [-0.2, -0.15) is 5.26 Å². The molecule has 0 spiro atoms. The highest BCUT2D eigenvalue weighted by molar-refractivity contribution is 6.00. The molecule has 328 valence electrons. The van der Waals surface area contributed by atoms with Gasteiger partial charge >= 0.3 is 0 Å². The van der Waals surface area contributed by atoms with Gasteiger partial charge in [-0.05, 0) is 79.8 Å². The van der Waals surface area contributed by atoms with Crippen LogP contribution in [0.5, 0.6) is 5.75 Å². The summed E-state index contributed by atoms with van der Waals surface area (Å²) in [5.74, 6) is -0.553. The van der Waals surface area contributed by atoms with Crippen molar-refractivity contribution in [1.82, 2.24) is 25.4 Å². The lowest BCUT2D eigenvalue weighted by Crippen LogP contribution is -2.74. The molecule has 63 heavy (non-hydrogen) atoms. The summed E-state index contributed by atoms with van der Waals surface area (Å²) in [6, 6.07) is 16.9. The first-order valence-corrected chi connectivity index (χ1v) is 22.1. The second kappa shape index (κ2) is 15.5. The number of aromatic nitrogens is 1. The second-order valence-corrected chi connectivity index (χ2v) is 19.2. The molecule has 5 aliphatic heterocycles. The van der Waals surface area contributed by atoms with Crippen LogP contribution in [0.1, 0.15) is 92.9 Å². The minimum Gasteiger partial charge on any atom is -0.488 e. The molecular formula is C48H52F2N8O5. The highest BCUT2D eigenvalue weighted by atomic mass is 19.1. The number of rotatable bonds is 9. The number of carbonyl (C=O) groups excluding carboxylic acids is 3. The summed E-state index contributed by atoms with van der Waals surface area (Å²) in [7, 11) is 0. The zero-order chi connectivity index (χ0) is 43.9. The third-order valence-corrected chi connectivity index (χ3v) is 14.7. The number of ether oxygens (including phenoxy) is 2. The number of piperazine rings is 1. The highest BCUT2D eigenvalue weighted by Crippen LogP contribution is 2.58. The third kappa shape index (κ3) is 6.98. The first-order valence-electron chi connectivity index (χ1n) is 22.1. The van der Waals surface area contributed by atoms with Crippen LogP contribution in [-0.2, 0) is 14.3 Å². The predicted octanol–water partition coefficient (Wildman–Crippen LogP) is 6.18. The van der Waals surface area contributed by atoms with Crippen LogP contribution in [0.4, 0.5) is 20.2 Å². The molecule has 4 aromatic rings. The number of nitrogens with one attached hydrogen (secondary N) is 2. The molecule has 1 aromatic heterocycles. The molecule has 6 aliphatic rings. The number of pyridine rings is 1. The molecule has 10 rings (SSSR count). The molecule has 3 atom stereocenters. The fourth-order valence-corrected chi connectivity index (χ4v) is 11.6. The van der Waals surface area contributed by atoms with E-state index in [0.29, 0.717) is 66.7 Å². The summed E-state index contributed by atoms with van der Waals surface area (Å²) in [6.45, 7) is 13.5.